The van der Waals surface area contributed by atoms with Gasteiger partial charge in [-0.2, -0.15) is 4.58 Å². The number of anilines is 1. The molecule has 2 aliphatic heterocycles. The van der Waals surface area contributed by atoms with Gasteiger partial charge in [-0.15, -0.1) is 0 Å². The highest BCUT2D eigenvalue weighted by Crippen LogP contribution is 2.47. The Hall–Kier alpha value is -4.11. The SMILES string of the molecule is CCN1/C(=C/C=C2\CCCC(/C=C/C3=[N+](CC)c4ccccc4C3(C)C)=C2Oc2ccccc2)C(C)(C)c2ccccc21. The number of benzene rings is 3. The average molecular weight is 570 g/mol. The zero-order valence-corrected chi connectivity index (χ0v) is 26.7. The Kier molecular flexibility index (Phi) is 7.77. The maximum Gasteiger partial charge on any atom is 0.209 e. The fraction of sp³-hybridized carbons (Fsp3) is 0.325. The Morgan fingerprint density at radius 1 is 0.767 bits per heavy atom. The van der Waals surface area contributed by atoms with Gasteiger partial charge in [0.05, 0.1) is 5.41 Å². The van der Waals surface area contributed by atoms with E-state index in [1.165, 1.54) is 45.1 Å². The van der Waals surface area contributed by atoms with Crippen molar-refractivity contribution in [3.8, 4) is 5.75 Å². The first-order chi connectivity index (χ1) is 20.8. The normalized spacial score (nSPS) is 20.8. The van der Waals surface area contributed by atoms with Crippen LogP contribution in [-0.4, -0.2) is 23.4 Å². The van der Waals surface area contributed by atoms with Crippen LogP contribution in [0.2, 0.25) is 0 Å². The number of rotatable bonds is 7. The molecule has 0 unspecified atom stereocenters. The van der Waals surface area contributed by atoms with Gasteiger partial charge in [-0.1, -0.05) is 74.5 Å². The van der Waals surface area contributed by atoms with E-state index in [0.717, 1.165) is 43.9 Å². The van der Waals surface area contributed by atoms with Crippen LogP contribution >= 0.6 is 0 Å². The molecular weight excluding hydrogens is 524 g/mol. The van der Waals surface area contributed by atoms with Gasteiger partial charge in [0.1, 0.15) is 18.1 Å². The molecule has 3 heteroatoms. The lowest BCUT2D eigenvalue weighted by Gasteiger charge is -2.26. The van der Waals surface area contributed by atoms with Crippen molar-refractivity contribution in [2.45, 2.75) is 71.6 Å². The van der Waals surface area contributed by atoms with Crippen molar-refractivity contribution in [3.63, 3.8) is 0 Å². The molecular formula is C40H45N2O+. The highest BCUT2D eigenvalue weighted by molar-refractivity contribution is 6.03. The second-order valence-electron chi connectivity index (χ2n) is 12.9. The highest BCUT2D eigenvalue weighted by atomic mass is 16.5. The predicted octanol–water partition coefficient (Wildman–Crippen LogP) is 9.78. The van der Waals surface area contributed by atoms with E-state index in [9.17, 15) is 0 Å². The molecule has 43 heavy (non-hydrogen) atoms. The number of ether oxygens (including phenoxy) is 1. The summed E-state index contributed by atoms with van der Waals surface area (Å²) < 4.78 is 9.20. The largest absolute Gasteiger partial charge is 0.457 e. The summed E-state index contributed by atoms with van der Waals surface area (Å²) in [6.45, 7) is 15.7. The van der Waals surface area contributed by atoms with Gasteiger partial charge in [-0.05, 0) is 94.0 Å². The van der Waals surface area contributed by atoms with Crippen molar-refractivity contribution in [1.29, 1.82) is 0 Å². The molecule has 3 aliphatic rings. The van der Waals surface area contributed by atoms with Crippen LogP contribution in [-0.2, 0) is 10.8 Å². The van der Waals surface area contributed by atoms with Gasteiger partial charge >= 0.3 is 0 Å². The summed E-state index contributed by atoms with van der Waals surface area (Å²) in [7, 11) is 0. The molecule has 0 saturated heterocycles. The summed E-state index contributed by atoms with van der Waals surface area (Å²) in [5.41, 5.74) is 10.5. The quantitative estimate of drug-likeness (QED) is 0.263. The van der Waals surface area contributed by atoms with Crippen molar-refractivity contribution < 1.29 is 9.31 Å². The maximum atomic E-state index is 6.74. The summed E-state index contributed by atoms with van der Waals surface area (Å²) >= 11 is 0. The Bertz CT molecular complexity index is 1680. The van der Waals surface area contributed by atoms with Crippen molar-refractivity contribution in [3.05, 3.63) is 137 Å². The van der Waals surface area contributed by atoms with E-state index < -0.39 is 0 Å². The third kappa shape index (κ3) is 5.09. The first kappa shape index (κ1) is 29.0. The lowest BCUT2D eigenvalue weighted by molar-refractivity contribution is -0.433. The molecule has 0 radical (unpaired) electrons. The van der Waals surface area contributed by atoms with E-state index in [1.54, 1.807) is 0 Å². The first-order valence-corrected chi connectivity index (χ1v) is 15.9. The fourth-order valence-corrected chi connectivity index (χ4v) is 7.28. The molecule has 0 aromatic heterocycles. The van der Waals surface area contributed by atoms with Crippen LogP contribution in [0.25, 0.3) is 0 Å². The van der Waals surface area contributed by atoms with Crippen LogP contribution in [0.1, 0.15) is 71.9 Å². The molecule has 0 spiro atoms. The summed E-state index contributed by atoms with van der Waals surface area (Å²) in [5, 5.41) is 0. The van der Waals surface area contributed by atoms with Crippen molar-refractivity contribution >= 4 is 17.1 Å². The molecule has 3 aromatic rings. The van der Waals surface area contributed by atoms with Gasteiger partial charge in [0.15, 0.2) is 5.71 Å². The summed E-state index contributed by atoms with van der Waals surface area (Å²) in [6.07, 6.45) is 12.5. The number of para-hydroxylation sites is 3. The zero-order valence-electron chi connectivity index (χ0n) is 26.7. The molecule has 0 fully saturated rings. The molecule has 1 aliphatic carbocycles. The van der Waals surface area contributed by atoms with E-state index in [-0.39, 0.29) is 10.8 Å². The second-order valence-corrected chi connectivity index (χ2v) is 12.9. The number of fused-ring (bicyclic) bond motifs is 2. The lowest BCUT2D eigenvalue weighted by atomic mass is 9.81. The van der Waals surface area contributed by atoms with E-state index in [1.807, 2.05) is 18.2 Å². The Morgan fingerprint density at radius 2 is 1.47 bits per heavy atom. The number of likely N-dealkylation sites (N-methyl/N-ethyl adjacent to an activating group) is 1. The Morgan fingerprint density at radius 3 is 2.21 bits per heavy atom. The van der Waals surface area contributed by atoms with Crippen LogP contribution in [0.3, 0.4) is 0 Å². The molecule has 0 N–H and O–H groups in total. The topological polar surface area (TPSA) is 15.5 Å². The Balaban J connectivity index is 1.43. The zero-order chi connectivity index (χ0) is 30.2. The smallest absolute Gasteiger partial charge is 0.209 e. The number of hydrogen-bond donors (Lipinski definition) is 0. The van der Waals surface area contributed by atoms with Crippen LogP contribution in [0, 0.1) is 0 Å². The highest BCUT2D eigenvalue weighted by Gasteiger charge is 2.43. The first-order valence-electron chi connectivity index (χ1n) is 15.9. The minimum Gasteiger partial charge on any atom is -0.457 e. The molecule has 3 nitrogen and oxygen atoms in total. The predicted molar refractivity (Wildman–Crippen MR) is 181 cm³/mol. The van der Waals surface area contributed by atoms with E-state index in [0.29, 0.717) is 0 Å². The third-order valence-corrected chi connectivity index (χ3v) is 9.55. The second kappa shape index (κ2) is 11.5. The molecule has 0 amide bonds. The molecule has 220 valence electrons. The molecule has 6 rings (SSSR count). The minimum atomic E-state index is -0.0610. The van der Waals surface area contributed by atoms with E-state index in [4.69, 9.17) is 4.74 Å². The standard InChI is InChI=1S/C40H45N2O/c1-7-41-34-23-14-12-21-32(34)39(3,4)36(41)27-25-29-17-16-18-30(38(29)43-31-19-10-9-11-20-31)26-28-37-40(5,6)33-22-13-15-24-35(33)42(37)8-2/h9-15,19-28H,7-8,16-18H2,1-6H3/q+1. The minimum absolute atomic E-state index is 0.0610. The van der Waals surface area contributed by atoms with Gasteiger partial charge in [-0.3, -0.25) is 0 Å². The number of allylic oxidation sites excluding steroid dienone is 7. The van der Waals surface area contributed by atoms with Gasteiger partial charge < -0.3 is 9.64 Å². The monoisotopic (exact) mass is 569 g/mol. The van der Waals surface area contributed by atoms with Crippen LogP contribution in [0.5, 0.6) is 5.75 Å². The van der Waals surface area contributed by atoms with Crippen molar-refractivity contribution in [2.75, 3.05) is 18.0 Å². The molecule has 3 aromatic carbocycles. The van der Waals surface area contributed by atoms with Crippen LogP contribution in [0.15, 0.2) is 126 Å². The molecule has 0 atom stereocenters. The van der Waals surface area contributed by atoms with Crippen LogP contribution in [0.4, 0.5) is 11.4 Å². The number of nitrogens with zero attached hydrogens (tertiary/aromatic N) is 2. The number of hydrogen-bond acceptors (Lipinski definition) is 2. The van der Waals surface area contributed by atoms with Crippen molar-refractivity contribution in [1.82, 2.24) is 0 Å². The third-order valence-electron chi connectivity index (χ3n) is 9.55. The van der Waals surface area contributed by atoms with E-state index >= 15 is 0 Å². The molecule has 0 saturated carbocycles. The van der Waals surface area contributed by atoms with Gasteiger partial charge in [0.2, 0.25) is 5.69 Å². The van der Waals surface area contributed by atoms with Gasteiger partial charge in [0, 0.05) is 41.1 Å². The summed E-state index contributed by atoms with van der Waals surface area (Å²) in [5.74, 6) is 1.88. The van der Waals surface area contributed by atoms with Gasteiger partial charge in [-0.25, -0.2) is 0 Å². The van der Waals surface area contributed by atoms with Crippen molar-refractivity contribution in [2.24, 2.45) is 0 Å². The average Bonchev–Trinajstić information content (AvgIpc) is 3.38. The van der Waals surface area contributed by atoms with Crippen LogP contribution < -0.4 is 9.64 Å². The summed E-state index contributed by atoms with van der Waals surface area (Å²) in [4.78, 5) is 2.47. The summed E-state index contributed by atoms with van der Waals surface area (Å²) in [6, 6.07) is 27.9. The molecule has 2 heterocycles. The van der Waals surface area contributed by atoms with E-state index in [2.05, 4.69) is 136 Å². The lowest BCUT2D eigenvalue weighted by Crippen LogP contribution is -2.27. The maximum absolute atomic E-state index is 6.74. The Labute approximate surface area is 258 Å². The van der Waals surface area contributed by atoms with Gasteiger partial charge in [0.25, 0.3) is 0 Å². The fourth-order valence-electron chi connectivity index (χ4n) is 7.28. The molecule has 0 bridgehead atoms.